The Morgan fingerprint density at radius 2 is 1.84 bits per heavy atom. The molecule has 1 heterocycles. The van der Waals surface area contributed by atoms with Crippen molar-refractivity contribution in [3.05, 3.63) is 64.9 Å². The lowest BCUT2D eigenvalue weighted by Crippen LogP contribution is -2.24. The first kappa shape index (κ1) is 17.4. The third kappa shape index (κ3) is 5.04. The molecule has 0 spiro atoms. The minimum Gasteiger partial charge on any atom is -0.411 e. The number of benzene rings is 2. The normalized spacial score (nSPS) is 10.6. The van der Waals surface area contributed by atoms with Gasteiger partial charge in [-0.3, -0.25) is 4.79 Å². The molecule has 3 rings (SSSR count). The fourth-order valence-electron chi connectivity index (χ4n) is 1.96. The molecule has 0 radical (unpaired) electrons. The third-order valence-corrected chi connectivity index (χ3v) is 4.30. The number of rotatable bonds is 6. The Kier molecular flexibility index (Phi) is 5.67. The van der Waals surface area contributed by atoms with Crippen molar-refractivity contribution in [2.75, 3.05) is 5.75 Å². The number of hydrogen-bond acceptors (Lipinski definition) is 5. The van der Waals surface area contributed by atoms with Gasteiger partial charge < -0.3 is 9.73 Å². The standard InChI is InChI=1S/C17H13ClFN3O2S/c18-13-5-3-12(4-6-13)16-21-22-17(24-16)25-10-15(23)20-9-11-1-7-14(19)8-2-11/h1-8H,9-10H2,(H,20,23). The molecule has 0 saturated carbocycles. The highest BCUT2D eigenvalue weighted by atomic mass is 35.5. The van der Waals surface area contributed by atoms with Gasteiger partial charge in [0.1, 0.15) is 5.82 Å². The molecule has 2 aromatic carbocycles. The molecule has 0 aliphatic rings. The van der Waals surface area contributed by atoms with E-state index in [4.69, 9.17) is 16.0 Å². The quantitative estimate of drug-likeness (QED) is 0.659. The van der Waals surface area contributed by atoms with Crippen LogP contribution in [-0.2, 0) is 11.3 Å². The van der Waals surface area contributed by atoms with Gasteiger partial charge in [0.15, 0.2) is 0 Å². The van der Waals surface area contributed by atoms with Gasteiger partial charge in [-0.2, -0.15) is 0 Å². The maximum atomic E-state index is 12.8. The fraction of sp³-hybridized carbons (Fsp3) is 0.118. The third-order valence-electron chi connectivity index (χ3n) is 3.23. The molecule has 0 bridgehead atoms. The topological polar surface area (TPSA) is 68.0 Å². The lowest BCUT2D eigenvalue weighted by atomic mass is 10.2. The molecule has 0 saturated heterocycles. The average molecular weight is 378 g/mol. The molecule has 5 nitrogen and oxygen atoms in total. The van der Waals surface area contributed by atoms with Crippen molar-refractivity contribution in [2.24, 2.45) is 0 Å². The summed E-state index contributed by atoms with van der Waals surface area (Å²) in [6, 6.07) is 13.0. The molecule has 1 amide bonds. The van der Waals surface area contributed by atoms with Crippen molar-refractivity contribution < 1.29 is 13.6 Å². The molecule has 0 fully saturated rings. The zero-order chi connectivity index (χ0) is 17.6. The van der Waals surface area contributed by atoms with E-state index in [-0.39, 0.29) is 17.5 Å². The molecule has 0 aliphatic carbocycles. The second kappa shape index (κ2) is 8.13. The fourth-order valence-corrected chi connectivity index (χ4v) is 2.68. The molecule has 128 valence electrons. The van der Waals surface area contributed by atoms with Crippen LogP contribution in [0.15, 0.2) is 58.2 Å². The highest BCUT2D eigenvalue weighted by Crippen LogP contribution is 2.24. The van der Waals surface area contributed by atoms with Crippen LogP contribution in [0.25, 0.3) is 11.5 Å². The molecule has 25 heavy (non-hydrogen) atoms. The Balaban J connectivity index is 1.49. The van der Waals surface area contributed by atoms with Gasteiger partial charge in [0, 0.05) is 17.1 Å². The number of hydrogen-bond donors (Lipinski definition) is 1. The van der Waals surface area contributed by atoms with Gasteiger partial charge in [-0.05, 0) is 42.0 Å². The van der Waals surface area contributed by atoms with Gasteiger partial charge in [-0.1, -0.05) is 35.5 Å². The van der Waals surface area contributed by atoms with Gasteiger partial charge in [-0.15, -0.1) is 10.2 Å². The molecule has 0 aliphatic heterocycles. The summed E-state index contributed by atoms with van der Waals surface area (Å²) in [4.78, 5) is 11.9. The number of thioether (sulfide) groups is 1. The molecule has 1 N–H and O–H groups in total. The Hall–Kier alpha value is -2.38. The summed E-state index contributed by atoms with van der Waals surface area (Å²) in [7, 11) is 0. The first-order chi connectivity index (χ1) is 12.1. The smallest absolute Gasteiger partial charge is 0.277 e. The highest BCUT2D eigenvalue weighted by molar-refractivity contribution is 7.99. The summed E-state index contributed by atoms with van der Waals surface area (Å²) in [6.07, 6.45) is 0. The summed E-state index contributed by atoms with van der Waals surface area (Å²) < 4.78 is 18.3. The zero-order valence-electron chi connectivity index (χ0n) is 12.9. The van der Waals surface area contributed by atoms with E-state index in [2.05, 4.69) is 15.5 Å². The summed E-state index contributed by atoms with van der Waals surface area (Å²) in [5.41, 5.74) is 1.58. The molecule has 3 aromatic rings. The Morgan fingerprint density at radius 1 is 1.12 bits per heavy atom. The zero-order valence-corrected chi connectivity index (χ0v) is 14.5. The molecule has 8 heteroatoms. The molecular formula is C17H13ClFN3O2S. The first-order valence-electron chi connectivity index (χ1n) is 7.33. The molecule has 1 aromatic heterocycles. The number of nitrogens with zero attached hydrogens (tertiary/aromatic N) is 2. The van der Waals surface area contributed by atoms with Crippen molar-refractivity contribution in [2.45, 2.75) is 11.8 Å². The van der Waals surface area contributed by atoms with Crippen LogP contribution in [0.5, 0.6) is 0 Å². The van der Waals surface area contributed by atoms with E-state index < -0.39 is 0 Å². The van der Waals surface area contributed by atoms with Crippen molar-refractivity contribution in [3.8, 4) is 11.5 Å². The van der Waals surface area contributed by atoms with Crippen molar-refractivity contribution in [3.63, 3.8) is 0 Å². The van der Waals surface area contributed by atoms with Crippen LogP contribution in [-0.4, -0.2) is 21.9 Å². The Morgan fingerprint density at radius 3 is 2.56 bits per heavy atom. The lowest BCUT2D eigenvalue weighted by Gasteiger charge is -2.04. The van der Waals surface area contributed by atoms with Crippen molar-refractivity contribution in [1.29, 1.82) is 0 Å². The van der Waals surface area contributed by atoms with Gasteiger partial charge in [0.05, 0.1) is 5.75 Å². The van der Waals surface area contributed by atoms with Crippen LogP contribution >= 0.6 is 23.4 Å². The van der Waals surface area contributed by atoms with E-state index in [1.807, 2.05) is 0 Å². The number of carbonyl (C=O) groups excluding carboxylic acids is 1. The number of amides is 1. The largest absolute Gasteiger partial charge is 0.411 e. The van der Waals surface area contributed by atoms with Crippen molar-refractivity contribution >= 4 is 29.3 Å². The highest BCUT2D eigenvalue weighted by Gasteiger charge is 2.11. The Bertz CT molecular complexity index is 853. The SMILES string of the molecule is O=C(CSc1nnc(-c2ccc(Cl)cc2)o1)NCc1ccc(F)cc1. The van der Waals surface area contributed by atoms with Crippen LogP contribution in [0.3, 0.4) is 0 Å². The summed E-state index contributed by atoms with van der Waals surface area (Å²) in [5, 5.41) is 11.5. The average Bonchev–Trinajstić information content (AvgIpc) is 3.09. The second-order valence-corrected chi connectivity index (χ2v) is 6.43. The predicted octanol–water partition coefficient (Wildman–Crippen LogP) is 3.94. The minimum atomic E-state index is -0.307. The van der Waals surface area contributed by atoms with Crippen LogP contribution in [0.4, 0.5) is 4.39 Å². The summed E-state index contributed by atoms with van der Waals surface area (Å²) >= 11 is 6.98. The van der Waals surface area contributed by atoms with Gasteiger partial charge in [-0.25, -0.2) is 4.39 Å². The molecule has 0 unspecified atom stereocenters. The van der Waals surface area contributed by atoms with Gasteiger partial charge in [0.25, 0.3) is 5.22 Å². The van der Waals surface area contributed by atoms with Gasteiger partial charge in [0.2, 0.25) is 11.8 Å². The monoisotopic (exact) mass is 377 g/mol. The number of halogens is 2. The maximum absolute atomic E-state index is 12.8. The number of aromatic nitrogens is 2. The van der Waals surface area contributed by atoms with E-state index >= 15 is 0 Å². The molecular weight excluding hydrogens is 365 g/mol. The van der Waals surface area contributed by atoms with E-state index in [0.717, 1.165) is 22.9 Å². The second-order valence-electron chi connectivity index (χ2n) is 5.07. The lowest BCUT2D eigenvalue weighted by molar-refractivity contribution is -0.118. The summed E-state index contributed by atoms with van der Waals surface area (Å²) in [6.45, 7) is 0.333. The van der Waals surface area contributed by atoms with Crippen LogP contribution < -0.4 is 5.32 Å². The summed E-state index contributed by atoms with van der Waals surface area (Å²) in [5.74, 6) is 0.0219. The Labute approximate surface area is 152 Å². The van der Waals surface area contributed by atoms with E-state index in [0.29, 0.717) is 22.7 Å². The van der Waals surface area contributed by atoms with Gasteiger partial charge >= 0.3 is 0 Å². The van der Waals surface area contributed by atoms with E-state index in [1.54, 1.807) is 36.4 Å². The maximum Gasteiger partial charge on any atom is 0.277 e. The van der Waals surface area contributed by atoms with Crippen LogP contribution in [0.1, 0.15) is 5.56 Å². The predicted molar refractivity (Wildman–Crippen MR) is 93.7 cm³/mol. The van der Waals surface area contributed by atoms with Crippen LogP contribution in [0.2, 0.25) is 5.02 Å². The minimum absolute atomic E-state index is 0.142. The van der Waals surface area contributed by atoms with Crippen LogP contribution in [0, 0.1) is 5.82 Å². The number of carbonyl (C=O) groups is 1. The van der Waals surface area contributed by atoms with E-state index in [1.165, 1.54) is 12.1 Å². The molecule has 0 atom stereocenters. The first-order valence-corrected chi connectivity index (χ1v) is 8.70. The number of nitrogens with one attached hydrogen (secondary N) is 1. The van der Waals surface area contributed by atoms with E-state index in [9.17, 15) is 9.18 Å². The van der Waals surface area contributed by atoms with Crippen molar-refractivity contribution in [1.82, 2.24) is 15.5 Å².